The highest BCUT2D eigenvalue weighted by atomic mass is 35.5. The maximum absolute atomic E-state index is 12.7. The van der Waals surface area contributed by atoms with Crippen molar-refractivity contribution in [2.24, 2.45) is 11.8 Å². The number of amides is 4. The number of benzene rings is 1. The van der Waals surface area contributed by atoms with Gasteiger partial charge in [-0.3, -0.25) is 19.8 Å². The Balaban J connectivity index is 0.00000306. The SMILES string of the molecule is Cc1ccc(OCC(=O)N2CCC(CC3CCNCC3)CC2)cc1N1CCC(=O)NC1=O.Cl. The molecule has 4 amide bonds. The summed E-state index contributed by atoms with van der Waals surface area (Å²) in [6.07, 6.45) is 6.27. The van der Waals surface area contributed by atoms with Crippen molar-refractivity contribution >= 4 is 35.9 Å². The third kappa shape index (κ3) is 6.60. The predicted octanol–water partition coefficient (Wildman–Crippen LogP) is 2.87. The van der Waals surface area contributed by atoms with Gasteiger partial charge < -0.3 is 15.0 Å². The summed E-state index contributed by atoms with van der Waals surface area (Å²) in [7, 11) is 0. The third-order valence-electron chi connectivity index (χ3n) is 6.98. The van der Waals surface area contributed by atoms with Crippen molar-refractivity contribution < 1.29 is 19.1 Å². The Kier molecular flexibility index (Phi) is 8.97. The zero-order valence-corrected chi connectivity index (χ0v) is 20.1. The molecule has 0 radical (unpaired) electrons. The fourth-order valence-electron chi connectivity index (χ4n) is 5.01. The Morgan fingerprint density at radius 2 is 1.76 bits per heavy atom. The van der Waals surface area contributed by atoms with Gasteiger partial charge in [0.2, 0.25) is 5.91 Å². The summed E-state index contributed by atoms with van der Waals surface area (Å²) < 4.78 is 5.79. The molecule has 3 aliphatic heterocycles. The standard InChI is InChI=1S/C24H34N4O4.ClH/c1-17-2-3-20(15-21(17)28-13-8-22(29)26-24(28)31)32-16-23(30)27-11-6-19(7-12-27)14-18-4-9-25-10-5-18;/h2-3,15,18-19,25H,4-14,16H2,1H3,(H,26,29,31);1H. The van der Waals surface area contributed by atoms with Gasteiger partial charge in [-0.1, -0.05) is 6.07 Å². The van der Waals surface area contributed by atoms with Crippen LogP contribution >= 0.6 is 12.4 Å². The van der Waals surface area contributed by atoms with E-state index in [-0.39, 0.29) is 37.2 Å². The van der Waals surface area contributed by atoms with Crippen LogP contribution in [0.1, 0.15) is 44.1 Å². The first-order valence-corrected chi connectivity index (χ1v) is 11.8. The number of anilines is 1. The van der Waals surface area contributed by atoms with Crippen molar-refractivity contribution in [3.8, 4) is 5.75 Å². The van der Waals surface area contributed by atoms with Gasteiger partial charge in [0, 0.05) is 32.1 Å². The fraction of sp³-hybridized carbons (Fsp3) is 0.625. The monoisotopic (exact) mass is 478 g/mol. The molecule has 0 unspecified atom stereocenters. The second-order valence-corrected chi connectivity index (χ2v) is 9.25. The molecule has 2 N–H and O–H groups in total. The first-order valence-electron chi connectivity index (χ1n) is 11.8. The summed E-state index contributed by atoms with van der Waals surface area (Å²) in [5, 5.41) is 5.77. The molecule has 0 aromatic heterocycles. The van der Waals surface area contributed by atoms with Gasteiger partial charge in [0.15, 0.2) is 6.61 Å². The first kappa shape index (κ1) is 25.3. The number of nitrogens with one attached hydrogen (secondary N) is 2. The van der Waals surface area contributed by atoms with E-state index in [0.29, 0.717) is 18.0 Å². The van der Waals surface area contributed by atoms with E-state index in [1.165, 1.54) is 19.3 Å². The second kappa shape index (κ2) is 11.7. The van der Waals surface area contributed by atoms with Crippen LogP contribution in [0.25, 0.3) is 0 Å². The highest BCUT2D eigenvalue weighted by Crippen LogP contribution is 2.29. The van der Waals surface area contributed by atoms with E-state index in [4.69, 9.17) is 4.74 Å². The number of imide groups is 1. The molecule has 33 heavy (non-hydrogen) atoms. The number of ether oxygens (including phenoxy) is 1. The van der Waals surface area contributed by atoms with E-state index in [2.05, 4.69) is 10.6 Å². The van der Waals surface area contributed by atoms with Crippen molar-refractivity contribution in [3.63, 3.8) is 0 Å². The van der Waals surface area contributed by atoms with Crippen molar-refractivity contribution in [1.29, 1.82) is 0 Å². The molecule has 0 bridgehead atoms. The average molecular weight is 479 g/mol. The van der Waals surface area contributed by atoms with Crippen LogP contribution in [0.4, 0.5) is 10.5 Å². The summed E-state index contributed by atoms with van der Waals surface area (Å²) in [5.41, 5.74) is 1.60. The Morgan fingerprint density at radius 3 is 2.45 bits per heavy atom. The molecule has 9 heteroatoms. The number of carbonyl (C=O) groups excluding carboxylic acids is 3. The molecule has 0 atom stereocenters. The van der Waals surface area contributed by atoms with E-state index >= 15 is 0 Å². The van der Waals surface area contributed by atoms with E-state index < -0.39 is 6.03 Å². The topological polar surface area (TPSA) is 91.0 Å². The third-order valence-corrected chi connectivity index (χ3v) is 6.98. The first-order chi connectivity index (χ1) is 15.5. The average Bonchev–Trinajstić information content (AvgIpc) is 2.80. The van der Waals surface area contributed by atoms with Crippen molar-refractivity contribution in [1.82, 2.24) is 15.5 Å². The number of nitrogens with zero attached hydrogens (tertiary/aromatic N) is 2. The van der Waals surface area contributed by atoms with Gasteiger partial charge in [0.25, 0.3) is 5.91 Å². The zero-order chi connectivity index (χ0) is 22.5. The van der Waals surface area contributed by atoms with E-state index in [0.717, 1.165) is 56.4 Å². The van der Waals surface area contributed by atoms with Crippen molar-refractivity contribution in [3.05, 3.63) is 23.8 Å². The van der Waals surface area contributed by atoms with Gasteiger partial charge in [-0.15, -0.1) is 12.4 Å². The molecule has 3 saturated heterocycles. The lowest BCUT2D eigenvalue weighted by Gasteiger charge is -2.34. The van der Waals surface area contributed by atoms with Crippen LogP contribution < -0.4 is 20.3 Å². The van der Waals surface area contributed by atoms with Crippen molar-refractivity contribution in [2.75, 3.05) is 44.2 Å². The molecule has 0 saturated carbocycles. The van der Waals surface area contributed by atoms with Crippen LogP contribution in [0.3, 0.4) is 0 Å². The highest BCUT2D eigenvalue weighted by molar-refractivity contribution is 6.06. The number of hydrogen-bond donors (Lipinski definition) is 2. The quantitative estimate of drug-likeness (QED) is 0.656. The Morgan fingerprint density at radius 1 is 1.06 bits per heavy atom. The number of hydrogen-bond acceptors (Lipinski definition) is 5. The van der Waals surface area contributed by atoms with E-state index in [1.807, 2.05) is 24.0 Å². The van der Waals surface area contributed by atoms with Gasteiger partial charge in [-0.25, -0.2) is 4.79 Å². The van der Waals surface area contributed by atoms with E-state index in [9.17, 15) is 14.4 Å². The Bertz CT molecular complexity index is 851. The summed E-state index contributed by atoms with van der Waals surface area (Å²) in [6.45, 7) is 6.12. The molecule has 1 aromatic carbocycles. The smallest absolute Gasteiger partial charge is 0.328 e. The van der Waals surface area contributed by atoms with Crippen LogP contribution in [-0.4, -0.2) is 62.1 Å². The molecule has 3 aliphatic rings. The number of aryl methyl sites for hydroxylation is 1. The maximum atomic E-state index is 12.7. The normalized spacial score (nSPS) is 20.3. The largest absolute Gasteiger partial charge is 0.484 e. The predicted molar refractivity (Wildman–Crippen MR) is 129 cm³/mol. The molecular formula is C24H35ClN4O4. The molecule has 3 heterocycles. The van der Waals surface area contributed by atoms with Gasteiger partial charge in [0.05, 0.1) is 5.69 Å². The summed E-state index contributed by atoms with van der Waals surface area (Å²) >= 11 is 0. The molecule has 0 spiro atoms. The minimum Gasteiger partial charge on any atom is -0.484 e. The Labute approximate surface area is 201 Å². The number of piperidine rings is 2. The lowest BCUT2D eigenvalue weighted by Crippen LogP contribution is -2.49. The number of halogens is 1. The molecule has 4 rings (SSSR count). The minimum atomic E-state index is -0.426. The van der Waals surface area contributed by atoms with Crippen LogP contribution in [0.15, 0.2) is 18.2 Å². The van der Waals surface area contributed by atoms with Crippen LogP contribution in [0, 0.1) is 18.8 Å². The number of urea groups is 1. The summed E-state index contributed by atoms with van der Waals surface area (Å²) in [6, 6.07) is 5.02. The molecular weight excluding hydrogens is 444 g/mol. The van der Waals surface area contributed by atoms with Crippen LogP contribution in [0.5, 0.6) is 5.75 Å². The van der Waals surface area contributed by atoms with Crippen LogP contribution in [0.2, 0.25) is 0 Å². The lowest BCUT2D eigenvalue weighted by atomic mass is 9.83. The van der Waals surface area contributed by atoms with Crippen LogP contribution in [-0.2, 0) is 9.59 Å². The maximum Gasteiger partial charge on any atom is 0.328 e. The minimum absolute atomic E-state index is 0. The van der Waals surface area contributed by atoms with Gasteiger partial charge in [-0.05, 0) is 75.6 Å². The zero-order valence-electron chi connectivity index (χ0n) is 19.3. The lowest BCUT2D eigenvalue weighted by molar-refractivity contribution is -0.134. The number of likely N-dealkylation sites (tertiary alicyclic amines) is 1. The number of rotatable bonds is 6. The van der Waals surface area contributed by atoms with Gasteiger partial charge in [0.1, 0.15) is 5.75 Å². The van der Waals surface area contributed by atoms with Gasteiger partial charge >= 0.3 is 6.03 Å². The molecule has 8 nitrogen and oxygen atoms in total. The highest BCUT2D eigenvalue weighted by Gasteiger charge is 2.27. The molecule has 3 fully saturated rings. The molecule has 0 aliphatic carbocycles. The van der Waals surface area contributed by atoms with Gasteiger partial charge in [-0.2, -0.15) is 0 Å². The fourth-order valence-corrected chi connectivity index (χ4v) is 5.01. The van der Waals surface area contributed by atoms with Crippen molar-refractivity contribution in [2.45, 2.75) is 45.4 Å². The molecule has 182 valence electrons. The number of carbonyl (C=O) groups is 3. The van der Waals surface area contributed by atoms with E-state index in [1.54, 1.807) is 11.0 Å². The Hall–Kier alpha value is -2.32. The second-order valence-electron chi connectivity index (χ2n) is 9.25. The summed E-state index contributed by atoms with van der Waals surface area (Å²) in [4.78, 5) is 39.7. The summed E-state index contributed by atoms with van der Waals surface area (Å²) in [5.74, 6) is 1.85. The molecule has 1 aromatic rings.